The van der Waals surface area contributed by atoms with Crippen molar-refractivity contribution in [1.29, 1.82) is 0 Å². The van der Waals surface area contributed by atoms with Crippen LogP contribution in [0, 0.1) is 11.8 Å². The molecule has 1 aliphatic carbocycles. The molecular weight excluding hydrogens is 348 g/mol. The minimum Gasteiger partial charge on any atom is -0.378 e. The molecule has 28 heavy (non-hydrogen) atoms. The van der Waals surface area contributed by atoms with Crippen LogP contribution in [0.3, 0.4) is 0 Å². The van der Waals surface area contributed by atoms with Crippen molar-refractivity contribution < 1.29 is 5.11 Å². The maximum atomic E-state index is 9.83. The quantitative estimate of drug-likeness (QED) is 0.662. The van der Waals surface area contributed by atoms with Gasteiger partial charge in [0.05, 0.1) is 34.9 Å². The summed E-state index contributed by atoms with van der Waals surface area (Å²) in [5, 5.41) is 9.83. The second kappa shape index (κ2) is 6.29. The molecule has 0 aliphatic heterocycles. The van der Waals surface area contributed by atoms with E-state index in [1.54, 1.807) is 20.0 Å². The fraction of sp³-hybridized carbons (Fsp3) is 0.348. The van der Waals surface area contributed by atoms with Crippen LogP contribution in [0.4, 0.5) is 0 Å². The van der Waals surface area contributed by atoms with Gasteiger partial charge in [0, 0.05) is 17.5 Å². The summed E-state index contributed by atoms with van der Waals surface area (Å²) in [6, 6.07) is 6.31. The van der Waals surface area contributed by atoms with Gasteiger partial charge in [-0.25, -0.2) is 9.97 Å². The lowest BCUT2D eigenvalue weighted by Gasteiger charge is -2.21. The molecule has 1 aromatic carbocycles. The summed E-state index contributed by atoms with van der Waals surface area (Å²) in [6.07, 6.45) is 6.49. The number of allylic oxidation sites excluding steroid dienone is 1. The summed E-state index contributed by atoms with van der Waals surface area (Å²) in [5.74, 6) is 5.73. The minimum atomic E-state index is -1.06. The third kappa shape index (κ3) is 3.44. The molecule has 0 saturated heterocycles. The van der Waals surface area contributed by atoms with Gasteiger partial charge in [0.1, 0.15) is 11.3 Å². The number of aromatic nitrogens is 4. The fourth-order valence-electron chi connectivity index (χ4n) is 3.32. The molecule has 0 saturated carbocycles. The maximum Gasteiger partial charge on any atom is 0.132 e. The van der Waals surface area contributed by atoms with E-state index in [4.69, 9.17) is 4.98 Å². The molecule has 0 amide bonds. The molecule has 3 aromatic rings. The van der Waals surface area contributed by atoms with Crippen LogP contribution >= 0.6 is 0 Å². The standard InChI is InChI=1S/C23H24N4O/c1-22(2,3)27-14-25-18-8-6-15(12-20(18)27)17-7-9-19-21(17)26-16(13-24-19)10-11-23(4,5)28/h6-8,12-14,28H,9H2,1-5H3. The van der Waals surface area contributed by atoms with Gasteiger partial charge in [0.15, 0.2) is 0 Å². The van der Waals surface area contributed by atoms with Crippen LogP contribution in [0.2, 0.25) is 0 Å². The molecule has 0 radical (unpaired) electrons. The molecule has 5 heteroatoms. The van der Waals surface area contributed by atoms with Crippen molar-refractivity contribution in [1.82, 2.24) is 19.5 Å². The Hall–Kier alpha value is -2.97. The van der Waals surface area contributed by atoms with Crippen molar-refractivity contribution in [2.24, 2.45) is 0 Å². The molecular formula is C23H24N4O. The first kappa shape index (κ1) is 18.4. The summed E-state index contributed by atoms with van der Waals surface area (Å²) in [7, 11) is 0. The summed E-state index contributed by atoms with van der Waals surface area (Å²) in [6.45, 7) is 9.82. The molecule has 1 N–H and O–H groups in total. The Morgan fingerprint density at radius 1 is 1.11 bits per heavy atom. The van der Waals surface area contributed by atoms with Crippen molar-refractivity contribution in [2.75, 3.05) is 0 Å². The van der Waals surface area contributed by atoms with Crippen molar-refractivity contribution in [3.8, 4) is 11.8 Å². The van der Waals surface area contributed by atoms with E-state index in [0.717, 1.165) is 40.0 Å². The number of benzene rings is 1. The average Bonchev–Trinajstić information content (AvgIpc) is 3.22. The smallest absolute Gasteiger partial charge is 0.132 e. The van der Waals surface area contributed by atoms with E-state index in [0.29, 0.717) is 5.69 Å². The lowest BCUT2D eigenvalue weighted by Crippen LogP contribution is -2.20. The molecule has 4 rings (SSSR count). The Labute approximate surface area is 165 Å². The lowest BCUT2D eigenvalue weighted by atomic mass is 10.0. The van der Waals surface area contributed by atoms with Crippen LogP contribution in [0.15, 0.2) is 36.8 Å². The van der Waals surface area contributed by atoms with Gasteiger partial charge in [-0.2, -0.15) is 0 Å². The highest BCUT2D eigenvalue weighted by molar-refractivity contribution is 5.87. The van der Waals surface area contributed by atoms with E-state index in [-0.39, 0.29) is 5.54 Å². The number of fused-ring (bicyclic) bond motifs is 2. The van der Waals surface area contributed by atoms with E-state index in [1.807, 2.05) is 6.33 Å². The SMILES string of the molecule is CC(C)(O)C#Cc1cnc2c(n1)C(c1ccc3ncn(C(C)(C)C)c3c1)=CC2. The zero-order chi connectivity index (χ0) is 20.1. The monoisotopic (exact) mass is 372 g/mol. The minimum absolute atomic E-state index is 0.0466. The molecule has 5 nitrogen and oxygen atoms in total. The van der Waals surface area contributed by atoms with Crippen LogP contribution in [0.5, 0.6) is 0 Å². The topological polar surface area (TPSA) is 63.8 Å². The molecule has 0 atom stereocenters. The van der Waals surface area contributed by atoms with Crippen LogP contribution < -0.4 is 0 Å². The second-order valence-corrected chi connectivity index (χ2v) is 8.67. The number of imidazole rings is 1. The predicted molar refractivity (Wildman–Crippen MR) is 111 cm³/mol. The zero-order valence-corrected chi connectivity index (χ0v) is 16.9. The first-order chi connectivity index (χ1) is 13.1. The maximum absolute atomic E-state index is 9.83. The van der Waals surface area contributed by atoms with Crippen LogP contribution in [0.1, 0.15) is 57.3 Å². The molecule has 2 aromatic heterocycles. The third-order valence-corrected chi connectivity index (χ3v) is 4.68. The summed E-state index contributed by atoms with van der Waals surface area (Å²) < 4.78 is 2.19. The van der Waals surface area contributed by atoms with Gasteiger partial charge in [-0.15, -0.1) is 0 Å². The van der Waals surface area contributed by atoms with Crippen LogP contribution in [-0.2, 0) is 12.0 Å². The highest BCUT2D eigenvalue weighted by atomic mass is 16.3. The largest absolute Gasteiger partial charge is 0.378 e. The number of hydrogen-bond donors (Lipinski definition) is 1. The molecule has 142 valence electrons. The summed E-state index contributed by atoms with van der Waals surface area (Å²) in [5.41, 5.74) is 5.52. The van der Waals surface area contributed by atoms with Gasteiger partial charge < -0.3 is 9.67 Å². The highest BCUT2D eigenvalue weighted by Crippen LogP contribution is 2.32. The van der Waals surface area contributed by atoms with E-state index >= 15 is 0 Å². The van der Waals surface area contributed by atoms with E-state index in [2.05, 4.69) is 71.4 Å². The molecule has 0 bridgehead atoms. The fourth-order valence-corrected chi connectivity index (χ4v) is 3.32. The van der Waals surface area contributed by atoms with Gasteiger partial charge in [-0.1, -0.05) is 18.1 Å². The highest BCUT2D eigenvalue weighted by Gasteiger charge is 2.21. The first-order valence-corrected chi connectivity index (χ1v) is 9.42. The molecule has 0 unspecified atom stereocenters. The number of hydrogen-bond acceptors (Lipinski definition) is 4. The van der Waals surface area contributed by atoms with Crippen molar-refractivity contribution in [3.63, 3.8) is 0 Å². The van der Waals surface area contributed by atoms with Crippen molar-refractivity contribution >= 4 is 16.6 Å². The Balaban J connectivity index is 1.77. The predicted octanol–water partition coefficient (Wildman–Crippen LogP) is 3.69. The third-order valence-electron chi connectivity index (χ3n) is 4.68. The van der Waals surface area contributed by atoms with Gasteiger partial charge >= 0.3 is 0 Å². The van der Waals surface area contributed by atoms with Gasteiger partial charge in [0.2, 0.25) is 0 Å². The summed E-state index contributed by atoms with van der Waals surface area (Å²) in [4.78, 5) is 13.8. The molecule has 0 spiro atoms. The Morgan fingerprint density at radius 2 is 1.89 bits per heavy atom. The average molecular weight is 372 g/mol. The lowest BCUT2D eigenvalue weighted by molar-refractivity contribution is 0.143. The van der Waals surface area contributed by atoms with Crippen molar-refractivity contribution in [2.45, 2.75) is 52.2 Å². The summed E-state index contributed by atoms with van der Waals surface area (Å²) >= 11 is 0. The van der Waals surface area contributed by atoms with E-state index in [9.17, 15) is 5.11 Å². The molecule has 1 aliphatic rings. The normalized spacial score (nSPS) is 13.9. The number of aliphatic hydroxyl groups is 1. The van der Waals surface area contributed by atoms with E-state index in [1.165, 1.54) is 0 Å². The molecule has 2 heterocycles. The second-order valence-electron chi connectivity index (χ2n) is 8.67. The van der Waals surface area contributed by atoms with Crippen LogP contribution in [0.25, 0.3) is 16.6 Å². The van der Waals surface area contributed by atoms with Gasteiger partial charge in [-0.05, 0) is 58.2 Å². The first-order valence-electron chi connectivity index (χ1n) is 9.42. The van der Waals surface area contributed by atoms with Gasteiger partial charge in [-0.3, -0.25) is 4.98 Å². The Morgan fingerprint density at radius 3 is 2.61 bits per heavy atom. The Bertz CT molecular complexity index is 1160. The number of rotatable bonds is 1. The Kier molecular flexibility index (Phi) is 4.13. The van der Waals surface area contributed by atoms with E-state index < -0.39 is 5.60 Å². The molecule has 0 fully saturated rings. The van der Waals surface area contributed by atoms with Crippen LogP contribution in [-0.4, -0.2) is 30.2 Å². The number of nitrogens with zero attached hydrogens (tertiary/aromatic N) is 4. The van der Waals surface area contributed by atoms with Crippen molar-refractivity contribution in [3.05, 3.63) is 59.4 Å². The van der Waals surface area contributed by atoms with Gasteiger partial charge in [0.25, 0.3) is 0 Å². The zero-order valence-electron chi connectivity index (χ0n) is 16.9.